The Morgan fingerprint density at radius 1 is 0.775 bits per heavy atom. The number of piperidine rings is 2. The van der Waals surface area contributed by atoms with Crippen LogP contribution in [-0.2, 0) is 0 Å². The molecule has 9 heteroatoms. The van der Waals surface area contributed by atoms with E-state index >= 15 is 0 Å². The Morgan fingerprint density at radius 3 is 2.33 bits per heavy atom. The van der Waals surface area contributed by atoms with Gasteiger partial charge in [0.2, 0.25) is 0 Å². The van der Waals surface area contributed by atoms with Gasteiger partial charge >= 0.3 is 0 Å². The highest BCUT2D eigenvalue weighted by Gasteiger charge is 2.27. The maximum atomic E-state index is 14.4. The number of hydrogen-bond donors (Lipinski definition) is 2. The molecule has 0 bridgehead atoms. The number of piperazine rings is 1. The minimum absolute atomic E-state index is 0.0403. The average Bonchev–Trinajstić information content (AvgIpc) is 3.51. The Hall–Kier alpha value is -3.04. The number of nitrogens with one attached hydrogen (secondary N) is 2. The lowest BCUT2D eigenvalue weighted by atomic mass is 10.0. The standard InChI is InChI=1S/C31H42FN5O3/c32-24-19-25(35-16-10-33-11-17-35)21-28(20-24)39-26-7-14-37(15-8-26)31(38)23-4-5-30(40-27-6-9-34-22-27)29(18-23)36-12-2-1-3-13-36/h4-5,18-21,26-27,33-34H,1-3,6-17,22H2/t27-/m0/s1. The molecule has 4 aliphatic heterocycles. The Morgan fingerprint density at radius 2 is 1.57 bits per heavy atom. The third-order valence-corrected chi connectivity index (χ3v) is 8.58. The van der Waals surface area contributed by atoms with E-state index in [1.54, 1.807) is 6.07 Å². The van der Waals surface area contributed by atoms with Crippen molar-refractivity contribution in [2.24, 2.45) is 0 Å². The molecule has 4 heterocycles. The molecule has 8 nitrogen and oxygen atoms in total. The molecule has 2 aromatic rings. The van der Waals surface area contributed by atoms with Gasteiger partial charge < -0.3 is 34.8 Å². The van der Waals surface area contributed by atoms with Crippen LogP contribution in [0.2, 0.25) is 0 Å². The normalized spacial score (nSPS) is 22.4. The predicted molar refractivity (Wildman–Crippen MR) is 155 cm³/mol. The van der Waals surface area contributed by atoms with Gasteiger partial charge in [0.1, 0.15) is 29.5 Å². The fraction of sp³-hybridized carbons (Fsp3) is 0.581. The zero-order valence-corrected chi connectivity index (χ0v) is 23.4. The first-order valence-corrected chi connectivity index (χ1v) is 15.1. The van der Waals surface area contributed by atoms with Crippen LogP contribution < -0.4 is 29.9 Å². The minimum Gasteiger partial charge on any atom is -0.490 e. The van der Waals surface area contributed by atoms with E-state index in [1.807, 2.05) is 29.2 Å². The second-order valence-electron chi connectivity index (χ2n) is 11.5. The summed E-state index contributed by atoms with van der Waals surface area (Å²) in [5, 5.41) is 6.70. The van der Waals surface area contributed by atoms with Gasteiger partial charge in [-0.05, 0) is 56.5 Å². The summed E-state index contributed by atoms with van der Waals surface area (Å²) in [5.41, 5.74) is 2.62. The first kappa shape index (κ1) is 27.1. The van der Waals surface area contributed by atoms with Crippen LogP contribution in [0.4, 0.5) is 15.8 Å². The number of benzene rings is 2. The van der Waals surface area contributed by atoms with Gasteiger partial charge in [-0.1, -0.05) is 0 Å². The van der Waals surface area contributed by atoms with Gasteiger partial charge in [0, 0.05) is 95.1 Å². The van der Waals surface area contributed by atoms with Crippen molar-refractivity contribution in [2.45, 2.75) is 50.7 Å². The van der Waals surface area contributed by atoms with Crippen molar-refractivity contribution in [1.29, 1.82) is 0 Å². The first-order valence-electron chi connectivity index (χ1n) is 15.1. The van der Waals surface area contributed by atoms with Crippen molar-refractivity contribution in [3.8, 4) is 11.5 Å². The molecule has 0 spiro atoms. The number of carbonyl (C=O) groups excluding carboxylic acids is 1. The van der Waals surface area contributed by atoms with E-state index in [4.69, 9.17) is 9.47 Å². The lowest BCUT2D eigenvalue weighted by Crippen LogP contribution is -2.43. The Balaban J connectivity index is 1.09. The smallest absolute Gasteiger partial charge is 0.253 e. The Bertz CT molecular complexity index is 1150. The molecule has 4 fully saturated rings. The summed E-state index contributed by atoms with van der Waals surface area (Å²) in [5.74, 6) is 1.23. The molecule has 40 heavy (non-hydrogen) atoms. The van der Waals surface area contributed by atoms with Crippen LogP contribution in [0.15, 0.2) is 36.4 Å². The molecule has 0 aliphatic carbocycles. The fourth-order valence-electron chi connectivity index (χ4n) is 6.31. The number of anilines is 2. The summed E-state index contributed by atoms with van der Waals surface area (Å²) in [4.78, 5) is 20.1. The molecule has 1 atom stereocenters. The van der Waals surface area contributed by atoms with Crippen molar-refractivity contribution < 1.29 is 18.7 Å². The molecule has 216 valence electrons. The van der Waals surface area contributed by atoms with Crippen molar-refractivity contribution in [3.63, 3.8) is 0 Å². The molecule has 4 aliphatic rings. The quantitative estimate of drug-likeness (QED) is 0.545. The summed E-state index contributed by atoms with van der Waals surface area (Å²) < 4.78 is 27.0. The summed E-state index contributed by atoms with van der Waals surface area (Å²) in [6.45, 7) is 8.58. The highest BCUT2D eigenvalue weighted by Crippen LogP contribution is 2.34. The maximum Gasteiger partial charge on any atom is 0.253 e. The second kappa shape index (κ2) is 12.6. The third kappa shape index (κ3) is 6.47. The Labute approximate surface area is 236 Å². The fourth-order valence-corrected chi connectivity index (χ4v) is 6.31. The molecule has 0 saturated carbocycles. The predicted octanol–water partition coefficient (Wildman–Crippen LogP) is 3.65. The SMILES string of the molecule is O=C(c1ccc(O[C@H]2CCNC2)c(N2CCCCC2)c1)N1CCC(Oc2cc(F)cc(N3CCNCC3)c2)CC1. The van der Waals surface area contributed by atoms with Gasteiger partial charge in [0.15, 0.2) is 0 Å². The summed E-state index contributed by atoms with van der Waals surface area (Å²) in [6.07, 6.45) is 6.17. The lowest BCUT2D eigenvalue weighted by Gasteiger charge is -2.34. The molecule has 4 saturated heterocycles. The number of nitrogens with zero attached hydrogens (tertiary/aromatic N) is 3. The highest BCUT2D eigenvalue weighted by molar-refractivity contribution is 5.95. The second-order valence-corrected chi connectivity index (χ2v) is 11.5. The molecule has 2 N–H and O–H groups in total. The first-order chi connectivity index (χ1) is 19.6. The Kier molecular flexibility index (Phi) is 8.58. The maximum absolute atomic E-state index is 14.4. The largest absolute Gasteiger partial charge is 0.490 e. The molecule has 0 aromatic heterocycles. The van der Waals surface area contributed by atoms with Crippen LogP contribution in [0, 0.1) is 5.82 Å². The summed E-state index contributed by atoms with van der Waals surface area (Å²) in [6, 6.07) is 10.9. The van der Waals surface area contributed by atoms with Gasteiger partial charge in [-0.2, -0.15) is 0 Å². The van der Waals surface area contributed by atoms with E-state index in [1.165, 1.54) is 12.5 Å². The lowest BCUT2D eigenvalue weighted by molar-refractivity contribution is 0.0595. The van der Waals surface area contributed by atoms with E-state index in [9.17, 15) is 9.18 Å². The zero-order chi connectivity index (χ0) is 27.3. The summed E-state index contributed by atoms with van der Waals surface area (Å²) >= 11 is 0. The zero-order valence-electron chi connectivity index (χ0n) is 23.4. The van der Waals surface area contributed by atoms with Crippen molar-refractivity contribution >= 4 is 17.3 Å². The van der Waals surface area contributed by atoms with Gasteiger partial charge in [0.05, 0.1) is 5.69 Å². The number of likely N-dealkylation sites (tertiary alicyclic amines) is 1. The molecular weight excluding hydrogens is 509 g/mol. The van der Waals surface area contributed by atoms with E-state index < -0.39 is 0 Å². The topological polar surface area (TPSA) is 69.3 Å². The van der Waals surface area contributed by atoms with E-state index in [-0.39, 0.29) is 23.9 Å². The number of halogens is 1. The van der Waals surface area contributed by atoms with Crippen LogP contribution in [0.1, 0.15) is 48.9 Å². The van der Waals surface area contributed by atoms with Gasteiger partial charge in [0.25, 0.3) is 5.91 Å². The monoisotopic (exact) mass is 551 g/mol. The molecule has 2 aromatic carbocycles. The number of carbonyl (C=O) groups is 1. The van der Waals surface area contributed by atoms with Crippen molar-refractivity contribution in [2.75, 3.05) is 75.2 Å². The van der Waals surface area contributed by atoms with Crippen molar-refractivity contribution in [1.82, 2.24) is 15.5 Å². The van der Waals surface area contributed by atoms with Gasteiger partial charge in [-0.25, -0.2) is 4.39 Å². The molecule has 0 unspecified atom stereocenters. The summed E-state index contributed by atoms with van der Waals surface area (Å²) in [7, 11) is 0. The molecular formula is C31H42FN5O3. The van der Waals surface area contributed by atoms with Crippen LogP contribution in [0.3, 0.4) is 0 Å². The van der Waals surface area contributed by atoms with E-state index in [2.05, 4.69) is 20.4 Å². The van der Waals surface area contributed by atoms with Crippen LogP contribution >= 0.6 is 0 Å². The van der Waals surface area contributed by atoms with E-state index in [0.29, 0.717) is 24.4 Å². The third-order valence-electron chi connectivity index (χ3n) is 8.58. The molecule has 1 amide bonds. The van der Waals surface area contributed by atoms with Crippen LogP contribution in [-0.4, -0.2) is 88.5 Å². The van der Waals surface area contributed by atoms with Crippen molar-refractivity contribution in [3.05, 3.63) is 47.8 Å². The minimum atomic E-state index is -0.278. The van der Waals surface area contributed by atoms with E-state index in [0.717, 1.165) is 102 Å². The van der Waals surface area contributed by atoms with Crippen LogP contribution in [0.25, 0.3) is 0 Å². The van der Waals surface area contributed by atoms with Crippen LogP contribution in [0.5, 0.6) is 11.5 Å². The molecule has 6 rings (SSSR count). The molecule has 0 radical (unpaired) electrons. The number of rotatable bonds is 7. The highest BCUT2D eigenvalue weighted by atomic mass is 19.1. The van der Waals surface area contributed by atoms with Gasteiger partial charge in [-0.3, -0.25) is 4.79 Å². The number of hydrogen-bond acceptors (Lipinski definition) is 7. The van der Waals surface area contributed by atoms with Gasteiger partial charge in [-0.15, -0.1) is 0 Å². The average molecular weight is 552 g/mol. The number of amides is 1. The number of ether oxygens (including phenoxy) is 2.